The van der Waals surface area contributed by atoms with Crippen LogP contribution in [-0.4, -0.2) is 55.3 Å². The summed E-state index contributed by atoms with van der Waals surface area (Å²) in [5.41, 5.74) is 2.79. The van der Waals surface area contributed by atoms with Crippen molar-refractivity contribution in [1.82, 2.24) is 15.2 Å². The lowest BCUT2D eigenvalue weighted by atomic mass is 10.2. The fraction of sp³-hybridized carbons (Fsp3) is 0.412. The molecule has 1 aliphatic rings. The molecule has 128 valence electrons. The van der Waals surface area contributed by atoms with Crippen LogP contribution in [0.15, 0.2) is 29.6 Å². The summed E-state index contributed by atoms with van der Waals surface area (Å²) in [7, 11) is 0. The van der Waals surface area contributed by atoms with Crippen LogP contribution in [0.5, 0.6) is 0 Å². The van der Waals surface area contributed by atoms with Crippen molar-refractivity contribution in [3.63, 3.8) is 0 Å². The molecule has 1 saturated heterocycles. The van der Waals surface area contributed by atoms with Gasteiger partial charge in [-0.25, -0.2) is 9.78 Å². The minimum atomic E-state index is -0.185. The normalized spacial score (nSPS) is 15.2. The van der Waals surface area contributed by atoms with Gasteiger partial charge in [0, 0.05) is 48.5 Å². The highest BCUT2D eigenvalue weighted by molar-refractivity contribution is 7.13. The van der Waals surface area contributed by atoms with Crippen LogP contribution in [0.3, 0.4) is 0 Å². The van der Waals surface area contributed by atoms with E-state index in [1.807, 2.05) is 36.6 Å². The third-order valence-corrected chi connectivity index (χ3v) is 4.81. The predicted molar refractivity (Wildman–Crippen MR) is 96.6 cm³/mol. The van der Waals surface area contributed by atoms with Gasteiger partial charge in [0.2, 0.25) is 0 Å². The Morgan fingerprint density at radius 2 is 2.21 bits per heavy atom. The first-order chi connectivity index (χ1) is 11.7. The van der Waals surface area contributed by atoms with E-state index in [1.165, 1.54) is 0 Å². The van der Waals surface area contributed by atoms with Crippen LogP contribution in [0, 0.1) is 6.92 Å². The summed E-state index contributed by atoms with van der Waals surface area (Å²) in [6, 6.07) is 7.57. The van der Waals surface area contributed by atoms with Gasteiger partial charge in [-0.05, 0) is 19.1 Å². The van der Waals surface area contributed by atoms with Crippen LogP contribution < -0.4 is 10.6 Å². The third kappa shape index (κ3) is 4.77. The van der Waals surface area contributed by atoms with Gasteiger partial charge in [-0.3, -0.25) is 4.90 Å². The molecule has 0 aliphatic carbocycles. The first-order valence-corrected chi connectivity index (χ1v) is 8.96. The predicted octanol–water partition coefficient (Wildman–Crippen LogP) is 2.57. The molecule has 2 aromatic rings. The summed E-state index contributed by atoms with van der Waals surface area (Å²) >= 11 is 1.60. The van der Waals surface area contributed by atoms with Gasteiger partial charge in [0.05, 0.1) is 13.2 Å². The van der Waals surface area contributed by atoms with Crippen molar-refractivity contribution >= 4 is 23.1 Å². The molecule has 0 saturated carbocycles. The van der Waals surface area contributed by atoms with Gasteiger partial charge in [-0.1, -0.05) is 12.1 Å². The first-order valence-electron chi connectivity index (χ1n) is 8.08. The van der Waals surface area contributed by atoms with Crippen molar-refractivity contribution in [1.29, 1.82) is 0 Å². The molecule has 0 atom stereocenters. The molecule has 1 aromatic carbocycles. The Hall–Kier alpha value is -1.96. The van der Waals surface area contributed by atoms with Crippen molar-refractivity contribution < 1.29 is 9.53 Å². The number of morpholine rings is 1. The second kappa shape index (κ2) is 8.23. The molecule has 2 N–H and O–H groups in total. The summed E-state index contributed by atoms with van der Waals surface area (Å²) in [5, 5.41) is 8.76. The number of hydrogen-bond donors (Lipinski definition) is 2. The number of benzene rings is 1. The van der Waals surface area contributed by atoms with E-state index in [4.69, 9.17) is 4.74 Å². The van der Waals surface area contributed by atoms with Crippen LogP contribution >= 0.6 is 11.3 Å². The van der Waals surface area contributed by atoms with Crippen LogP contribution in [0.2, 0.25) is 0 Å². The topological polar surface area (TPSA) is 66.5 Å². The zero-order valence-corrected chi connectivity index (χ0v) is 14.6. The number of nitrogens with one attached hydrogen (secondary N) is 2. The fourth-order valence-electron chi connectivity index (χ4n) is 2.54. The van der Waals surface area contributed by atoms with E-state index in [1.54, 1.807) is 11.3 Å². The molecule has 1 fully saturated rings. The Bertz CT molecular complexity index is 683. The van der Waals surface area contributed by atoms with Gasteiger partial charge >= 0.3 is 6.03 Å². The highest BCUT2D eigenvalue weighted by atomic mass is 32.1. The molecule has 1 aliphatic heterocycles. The van der Waals surface area contributed by atoms with E-state index in [2.05, 4.69) is 20.5 Å². The zero-order chi connectivity index (χ0) is 16.8. The minimum absolute atomic E-state index is 0.185. The Morgan fingerprint density at radius 1 is 1.38 bits per heavy atom. The van der Waals surface area contributed by atoms with Crippen LogP contribution in [0.25, 0.3) is 10.6 Å². The smallest absolute Gasteiger partial charge is 0.319 e. The SMILES string of the molecule is Cc1csc(-c2cccc(NC(=O)NCCN3CCOCC3)c2)n1. The maximum atomic E-state index is 12.0. The third-order valence-electron chi connectivity index (χ3n) is 3.80. The first kappa shape index (κ1) is 16.9. The van der Waals surface area contributed by atoms with Crippen molar-refractivity contribution in [2.45, 2.75) is 6.92 Å². The molecule has 1 aromatic heterocycles. The Kier molecular flexibility index (Phi) is 5.79. The minimum Gasteiger partial charge on any atom is -0.379 e. The molecule has 24 heavy (non-hydrogen) atoms. The van der Waals surface area contributed by atoms with Gasteiger partial charge in [-0.15, -0.1) is 11.3 Å². The molecule has 0 radical (unpaired) electrons. The molecule has 3 rings (SSSR count). The van der Waals surface area contributed by atoms with E-state index in [-0.39, 0.29) is 6.03 Å². The lowest BCUT2D eigenvalue weighted by Gasteiger charge is -2.26. The largest absolute Gasteiger partial charge is 0.379 e. The number of urea groups is 1. The maximum Gasteiger partial charge on any atom is 0.319 e. The van der Waals surface area contributed by atoms with E-state index in [9.17, 15) is 4.79 Å². The zero-order valence-electron chi connectivity index (χ0n) is 13.7. The van der Waals surface area contributed by atoms with E-state index in [0.717, 1.165) is 54.8 Å². The van der Waals surface area contributed by atoms with Gasteiger partial charge in [0.15, 0.2) is 0 Å². The van der Waals surface area contributed by atoms with E-state index >= 15 is 0 Å². The van der Waals surface area contributed by atoms with Crippen molar-refractivity contribution in [3.05, 3.63) is 35.3 Å². The average Bonchev–Trinajstić information content (AvgIpc) is 3.03. The second-order valence-corrected chi connectivity index (χ2v) is 6.57. The number of aryl methyl sites for hydroxylation is 1. The van der Waals surface area contributed by atoms with Gasteiger partial charge in [0.1, 0.15) is 5.01 Å². The molecular formula is C17H22N4O2S. The Morgan fingerprint density at radius 3 is 2.96 bits per heavy atom. The Balaban J connectivity index is 1.49. The van der Waals surface area contributed by atoms with Gasteiger partial charge in [0.25, 0.3) is 0 Å². The van der Waals surface area contributed by atoms with Gasteiger partial charge < -0.3 is 15.4 Å². The van der Waals surface area contributed by atoms with E-state index in [0.29, 0.717) is 6.54 Å². The highest BCUT2D eigenvalue weighted by Gasteiger charge is 2.10. The van der Waals surface area contributed by atoms with Crippen molar-refractivity contribution in [3.8, 4) is 10.6 Å². The average molecular weight is 346 g/mol. The molecule has 0 spiro atoms. The summed E-state index contributed by atoms with van der Waals surface area (Å²) in [6.45, 7) is 6.85. The number of carbonyl (C=O) groups is 1. The van der Waals surface area contributed by atoms with Crippen LogP contribution in [0.4, 0.5) is 10.5 Å². The van der Waals surface area contributed by atoms with Gasteiger partial charge in [-0.2, -0.15) is 0 Å². The van der Waals surface area contributed by atoms with Crippen molar-refractivity contribution in [2.75, 3.05) is 44.7 Å². The van der Waals surface area contributed by atoms with Crippen LogP contribution in [-0.2, 0) is 4.74 Å². The number of anilines is 1. The second-order valence-electron chi connectivity index (χ2n) is 5.71. The van der Waals surface area contributed by atoms with Crippen molar-refractivity contribution in [2.24, 2.45) is 0 Å². The molecule has 2 heterocycles. The lowest BCUT2D eigenvalue weighted by molar-refractivity contribution is 0.0388. The molecule has 0 bridgehead atoms. The summed E-state index contributed by atoms with van der Waals surface area (Å²) < 4.78 is 5.31. The number of aromatic nitrogens is 1. The molecule has 0 unspecified atom stereocenters. The quantitative estimate of drug-likeness (QED) is 0.873. The molecule has 6 nitrogen and oxygen atoms in total. The monoisotopic (exact) mass is 346 g/mol. The summed E-state index contributed by atoms with van der Waals surface area (Å²) in [5.74, 6) is 0. The number of carbonyl (C=O) groups excluding carboxylic acids is 1. The molecule has 2 amide bonds. The number of ether oxygens (including phenoxy) is 1. The molecular weight excluding hydrogens is 324 g/mol. The lowest BCUT2D eigenvalue weighted by Crippen LogP contribution is -2.42. The Labute approximate surface area is 145 Å². The fourth-order valence-corrected chi connectivity index (χ4v) is 3.34. The number of hydrogen-bond acceptors (Lipinski definition) is 5. The van der Waals surface area contributed by atoms with E-state index < -0.39 is 0 Å². The molecule has 7 heteroatoms. The number of amides is 2. The summed E-state index contributed by atoms with van der Waals surface area (Å²) in [4.78, 5) is 18.8. The summed E-state index contributed by atoms with van der Waals surface area (Å²) in [6.07, 6.45) is 0. The standard InChI is InChI=1S/C17H22N4O2S/c1-13-12-24-16(19-13)14-3-2-4-15(11-14)20-17(22)18-5-6-21-7-9-23-10-8-21/h2-4,11-12H,5-10H2,1H3,(H2,18,20,22). The number of rotatable bonds is 5. The number of thiazole rings is 1. The number of nitrogens with zero attached hydrogens (tertiary/aromatic N) is 2. The highest BCUT2D eigenvalue weighted by Crippen LogP contribution is 2.25. The van der Waals surface area contributed by atoms with Crippen LogP contribution in [0.1, 0.15) is 5.69 Å². The maximum absolute atomic E-state index is 12.0.